The molecule has 0 bridgehead atoms. The first kappa shape index (κ1) is 27.0. The minimum absolute atomic E-state index is 0.0135. The topological polar surface area (TPSA) is 76.1 Å². The van der Waals surface area contributed by atoms with Crippen LogP contribution in [0, 0.1) is 6.92 Å². The molecule has 1 saturated heterocycles. The van der Waals surface area contributed by atoms with E-state index in [1.54, 1.807) is 55.6 Å². The zero-order valence-corrected chi connectivity index (χ0v) is 22.9. The second kappa shape index (κ2) is 11.7. The minimum atomic E-state index is -0.823. The molecule has 1 aliphatic heterocycles. The summed E-state index contributed by atoms with van der Waals surface area (Å²) in [5, 5.41) is 12.0. The van der Waals surface area contributed by atoms with E-state index in [-0.39, 0.29) is 17.9 Å². The van der Waals surface area contributed by atoms with Gasteiger partial charge in [-0.25, -0.2) is 0 Å². The van der Waals surface area contributed by atoms with Crippen molar-refractivity contribution >= 4 is 29.1 Å². The lowest BCUT2D eigenvalue weighted by Gasteiger charge is -2.26. The number of hydrogen-bond donors (Lipinski definition) is 1. The van der Waals surface area contributed by atoms with E-state index in [1.807, 2.05) is 55.5 Å². The molecule has 1 unspecified atom stereocenters. The number of aliphatic hydroxyl groups excluding tert-OH is 1. The van der Waals surface area contributed by atoms with Gasteiger partial charge in [0.2, 0.25) is 0 Å². The molecule has 0 spiro atoms. The van der Waals surface area contributed by atoms with Crippen LogP contribution in [0.25, 0.3) is 5.76 Å². The number of aryl methyl sites for hydroxylation is 1. The van der Waals surface area contributed by atoms with E-state index in [9.17, 15) is 14.7 Å². The Hall–Kier alpha value is -4.55. The highest BCUT2D eigenvalue weighted by molar-refractivity contribution is 6.46. The molecule has 0 radical (unpaired) electrons. The number of methoxy groups -OCH3 is 1. The van der Waals surface area contributed by atoms with Crippen molar-refractivity contribution < 1.29 is 24.2 Å². The zero-order valence-electron chi connectivity index (χ0n) is 22.1. The lowest BCUT2D eigenvalue weighted by atomic mass is 9.94. The van der Waals surface area contributed by atoms with Gasteiger partial charge in [0.25, 0.3) is 11.7 Å². The van der Waals surface area contributed by atoms with Crippen LogP contribution < -0.4 is 9.47 Å². The van der Waals surface area contributed by atoms with Crippen LogP contribution in [0.15, 0.2) is 103 Å². The maximum atomic E-state index is 13.4. The summed E-state index contributed by atoms with van der Waals surface area (Å²) in [6.07, 6.45) is 0. The standard InChI is InChI=1S/C33H28ClNO5/c1-21-18-24(14-17-27(21)40-20-22-8-4-3-5-9-22)31(36)29-30(23-12-15-26(34)16-13-23)35(33(38)32(29)37)19-25-10-6-7-11-28(25)39-2/h3-18,30,36H,19-20H2,1-2H3/b31-29-. The van der Waals surface area contributed by atoms with Crippen molar-refractivity contribution in [3.63, 3.8) is 0 Å². The summed E-state index contributed by atoms with van der Waals surface area (Å²) in [5.41, 5.74) is 3.64. The molecule has 1 aliphatic rings. The SMILES string of the molecule is COc1ccccc1CN1C(=O)C(=O)/C(=C(\O)c2ccc(OCc3ccccc3)c(C)c2)C1c1ccc(Cl)cc1. The Balaban J connectivity index is 1.53. The monoisotopic (exact) mass is 553 g/mol. The Kier molecular flexibility index (Phi) is 7.89. The summed E-state index contributed by atoms with van der Waals surface area (Å²) in [6.45, 7) is 2.38. The number of benzene rings is 4. The summed E-state index contributed by atoms with van der Waals surface area (Å²) in [7, 11) is 1.55. The van der Waals surface area contributed by atoms with E-state index in [1.165, 1.54) is 4.90 Å². The normalized spacial score (nSPS) is 16.3. The van der Waals surface area contributed by atoms with Gasteiger partial charge in [-0.2, -0.15) is 0 Å². The van der Waals surface area contributed by atoms with Crippen LogP contribution in [-0.2, 0) is 22.7 Å². The molecule has 5 rings (SSSR count). The van der Waals surface area contributed by atoms with Crippen LogP contribution in [-0.4, -0.2) is 28.8 Å². The molecule has 7 heteroatoms. The molecule has 6 nitrogen and oxygen atoms in total. The first-order chi connectivity index (χ1) is 19.4. The molecule has 0 aliphatic carbocycles. The van der Waals surface area contributed by atoms with E-state index < -0.39 is 17.7 Å². The fraction of sp³-hybridized carbons (Fsp3) is 0.152. The smallest absolute Gasteiger partial charge is 0.295 e. The lowest BCUT2D eigenvalue weighted by molar-refractivity contribution is -0.140. The number of halogens is 1. The fourth-order valence-electron chi connectivity index (χ4n) is 4.90. The Bertz CT molecular complexity index is 1580. The number of para-hydroxylation sites is 1. The van der Waals surface area contributed by atoms with Gasteiger partial charge in [-0.3, -0.25) is 9.59 Å². The number of likely N-dealkylation sites (tertiary alicyclic amines) is 1. The largest absolute Gasteiger partial charge is 0.507 e. The number of ketones is 1. The van der Waals surface area contributed by atoms with Crippen LogP contribution in [0.3, 0.4) is 0 Å². The molecule has 1 N–H and O–H groups in total. The number of carbonyl (C=O) groups excluding carboxylic acids is 2. The molecular formula is C33H28ClNO5. The van der Waals surface area contributed by atoms with Crippen LogP contribution in [0.4, 0.5) is 0 Å². The molecule has 40 heavy (non-hydrogen) atoms. The van der Waals surface area contributed by atoms with E-state index in [0.717, 1.165) is 16.7 Å². The molecule has 202 valence electrons. The second-order valence-corrected chi connectivity index (χ2v) is 9.98. The van der Waals surface area contributed by atoms with E-state index in [0.29, 0.717) is 34.3 Å². The Morgan fingerprint density at radius 1 is 0.900 bits per heavy atom. The Labute approximate surface area is 238 Å². The molecular weight excluding hydrogens is 526 g/mol. The molecule has 1 atom stereocenters. The second-order valence-electron chi connectivity index (χ2n) is 9.54. The summed E-state index contributed by atoms with van der Waals surface area (Å²) >= 11 is 6.14. The van der Waals surface area contributed by atoms with Crippen molar-refractivity contribution in [1.29, 1.82) is 0 Å². The van der Waals surface area contributed by atoms with Gasteiger partial charge in [0, 0.05) is 16.1 Å². The number of amides is 1. The van der Waals surface area contributed by atoms with Crippen molar-refractivity contribution in [3.8, 4) is 11.5 Å². The van der Waals surface area contributed by atoms with Crippen molar-refractivity contribution in [3.05, 3.63) is 135 Å². The van der Waals surface area contributed by atoms with E-state index >= 15 is 0 Å². The third-order valence-electron chi connectivity index (χ3n) is 6.94. The maximum absolute atomic E-state index is 13.4. The van der Waals surface area contributed by atoms with Crippen molar-refractivity contribution in [1.82, 2.24) is 4.90 Å². The molecule has 1 heterocycles. The highest BCUT2D eigenvalue weighted by atomic mass is 35.5. The van der Waals surface area contributed by atoms with Gasteiger partial charge in [-0.1, -0.05) is 72.3 Å². The van der Waals surface area contributed by atoms with Crippen LogP contribution in [0.5, 0.6) is 11.5 Å². The van der Waals surface area contributed by atoms with Gasteiger partial charge in [0.15, 0.2) is 0 Å². The van der Waals surface area contributed by atoms with Gasteiger partial charge in [0.1, 0.15) is 23.9 Å². The number of nitrogens with zero attached hydrogens (tertiary/aromatic N) is 1. The molecule has 4 aromatic rings. The quantitative estimate of drug-likeness (QED) is 0.147. The van der Waals surface area contributed by atoms with Gasteiger partial charge < -0.3 is 19.5 Å². The number of hydrogen-bond acceptors (Lipinski definition) is 5. The Morgan fingerprint density at radius 2 is 1.60 bits per heavy atom. The van der Waals surface area contributed by atoms with Crippen LogP contribution >= 0.6 is 11.6 Å². The lowest BCUT2D eigenvalue weighted by Crippen LogP contribution is -2.29. The summed E-state index contributed by atoms with van der Waals surface area (Å²) < 4.78 is 11.5. The number of ether oxygens (including phenoxy) is 2. The highest BCUT2D eigenvalue weighted by Gasteiger charge is 2.46. The van der Waals surface area contributed by atoms with Crippen molar-refractivity contribution in [2.45, 2.75) is 26.1 Å². The number of carbonyl (C=O) groups is 2. The molecule has 1 fully saturated rings. The van der Waals surface area contributed by atoms with Crippen LogP contribution in [0.1, 0.15) is 33.9 Å². The van der Waals surface area contributed by atoms with Gasteiger partial charge in [-0.15, -0.1) is 0 Å². The maximum Gasteiger partial charge on any atom is 0.295 e. The van der Waals surface area contributed by atoms with Crippen molar-refractivity contribution in [2.24, 2.45) is 0 Å². The van der Waals surface area contributed by atoms with Gasteiger partial charge in [0.05, 0.1) is 25.3 Å². The average molecular weight is 554 g/mol. The number of aliphatic hydroxyl groups is 1. The van der Waals surface area contributed by atoms with Crippen molar-refractivity contribution in [2.75, 3.05) is 7.11 Å². The third-order valence-corrected chi connectivity index (χ3v) is 7.20. The van der Waals surface area contributed by atoms with E-state index in [2.05, 4.69) is 0 Å². The first-order valence-electron chi connectivity index (χ1n) is 12.8. The fourth-order valence-corrected chi connectivity index (χ4v) is 5.03. The summed E-state index contributed by atoms with van der Waals surface area (Å²) in [4.78, 5) is 28.3. The summed E-state index contributed by atoms with van der Waals surface area (Å²) in [5.74, 6) is -0.452. The first-order valence-corrected chi connectivity index (χ1v) is 13.2. The number of rotatable bonds is 8. The highest BCUT2D eigenvalue weighted by Crippen LogP contribution is 2.41. The molecule has 4 aromatic carbocycles. The minimum Gasteiger partial charge on any atom is -0.507 e. The number of Topliss-reactive ketones (excluding diaryl/α,β-unsaturated/α-hetero) is 1. The molecule has 1 amide bonds. The van der Waals surface area contributed by atoms with E-state index in [4.69, 9.17) is 21.1 Å². The predicted molar refractivity (Wildman–Crippen MR) is 154 cm³/mol. The van der Waals surface area contributed by atoms with Gasteiger partial charge in [-0.05, 0) is 60.0 Å². The average Bonchev–Trinajstić information content (AvgIpc) is 3.22. The predicted octanol–water partition coefficient (Wildman–Crippen LogP) is 6.86. The molecule has 0 aromatic heterocycles. The van der Waals surface area contributed by atoms with Crippen LogP contribution in [0.2, 0.25) is 5.02 Å². The Morgan fingerprint density at radius 3 is 2.30 bits per heavy atom. The molecule has 0 saturated carbocycles. The third kappa shape index (κ3) is 5.44. The zero-order chi connectivity index (χ0) is 28.2. The summed E-state index contributed by atoms with van der Waals surface area (Å²) in [6, 6.07) is 28.4. The van der Waals surface area contributed by atoms with Gasteiger partial charge >= 0.3 is 0 Å².